The first kappa shape index (κ1) is 15.1. The van der Waals surface area contributed by atoms with Gasteiger partial charge in [0.2, 0.25) is 0 Å². The van der Waals surface area contributed by atoms with Crippen molar-refractivity contribution in [2.75, 3.05) is 13.7 Å². The molecule has 5 nitrogen and oxygen atoms in total. The molecule has 0 fully saturated rings. The Hall–Kier alpha value is -2.34. The molecule has 0 spiro atoms. The molecule has 1 heterocycles. The number of carbonyl (C=O) groups excluding carboxylic acids is 1. The van der Waals surface area contributed by atoms with Gasteiger partial charge in [0.15, 0.2) is 0 Å². The highest BCUT2D eigenvalue weighted by atomic mass is 32.1. The van der Waals surface area contributed by atoms with Crippen LogP contribution in [0.2, 0.25) is 0 Å². The summed E-state index contributed by atoms with van der Waals surface area (Å²) in [5, 5.41) is 13.4. The molecule has 0 saturated carbocycles. The molecule has 0 bridgehead atoms. The van der Waals surface area contributed by atoms with E-state index in [1.165, 1.54) is 11.3 Å². The van der Waals surface area contributed by atoms with Gasteiger partial charge in [-0.15, -0.1) is 11.3 Å². The molecule has 2 aromatic rings. The predicted octanol–water partition coefficient (Wildman–Crippen LogP) is 2.43. The van der Waals surface area contributed by atoms with Crippen LogP contribution in [0.25, 0.3) is 0 Å². The van der Waals surface area contributed by atoms with Crippen LogP contribution in [0.5, 0.6) is 5.75 Å². The number of benzene rings is 1. The van der Waals surface area contributed by atoms with Gasteiger partial charge in [-0.25, -0.2) is 4.79 Å². The normalized spacial score (nSPS) is 10.1. The topological polar surface area (TPSA) is 75.6 Å². The number of hydrogen-bond donors (Lipinski definition) is 2. The number of carbonyl (C=O) groups is 2. The van der Waals surface area contributed by atoms with Crippen molar-refractivity contribution in [2.24, 2.45) is 0 Å². The number of carboxylic acid groups (broad SMARTS) is 1. The molecule has 1 aromatic heterocycles. The lowest BCUT2D eigenvalue weighted by molar-refractivity contribution is 0.0696. The summed E-state index contributed by atoms with van der Waals surface area (Å²) in [6.07, 6.45) is 0.647. The number of nitrogens with one attached hydrogen (secondary N) is 1. The number of carboxylic acids is 1. The first-order chi connectivity index (χ1) is 10.1. The van der Waals surface area contributed by atoms with Crippen LogP contribution in [0.4, 0.5) is 0 Å². The Morgan fingerprint density at radius 3 is 2.57 bits per heavy atom. The van der Waals surface area contributed by atoms with Crippen molar-refractivity contribution in [3.8, 4) is 5.75 Å². The summed E-state index contributed by atoms with van der Waals surface area (Å²) in [6.45, 7) is 0.492. The Morgan fingerprint density at radius 1 is 1.29 bits per heavy atom. The maximum absolute atomic E-state index is 11.9. The van der Waals surface area contributed by atoms with Crippen LogP contribution in [0, 0.1) is 0 Å². The van der Waals surface area contributed by atoms with E-state index in [1.54, 1.807) is 42.8 Å². The van der Waals surface area contributed by atoms with Crippen LogP contribution >= 0.6 is 11.3 Å². The van der Waals surface area contributed by atoms with Crippen molar-refractivity contribution >= 4 is 23.2 Å². The van der Waals surface area contributed by atoms with Crippen LogP contribution in [0.3, 0.4) is 0 Å². The first-order valence-electron chi connectivity index (χ1n) is 6.33. The van der Waals surface area contributed by atoms with E-state index in [-0.39, 0.29) is 11.5 Å². The highest BCUT2D eigenvalue weighted by Gasteiger charge is 2.09. The van der Waals surface area contributed by atoms with Crippen LogP contribution < -0.4 is 10.1 Å². The van der Waals surface area contributed by atoms with E-state index in [0.29, 0.717) is 23.6 Å². The van der Waals surface area contributed by atoms with Crippen molar-refractivity contribution in [2.45, 2.75) is 6.42 Å². The molecule has 0 saturated heterocycles. The molecule has 1 aromatic carbocycles. The Bertz CT molecular complexity index is 633. The van der Waals surface area contributed by atoms with E-state index in [0.717, 1.165) is 5.56 Å². The van der Waals surface area contributed by atoms with Crippen LogP contribution in [0.1, 0.15) is 25.6 Å². The Labute approximate surface area is 126 Å². The molecular weight excluding hydrogens is 290 g/mol. The third-order valence-corrected chi connectivity index (χ3v) is 3.84. The molecule has 0 aliphatic heterocycles. The van der Waals surface area contributed by atoms with Crippen LogP contribution in [-0.2, 0) is 6.42 Å². The van der Waals surface area contributed by atoms with Crippen molar-refractivity contribution in [1.82, 2.24) is 5.32 Å². The number of methoxy groups -OCH3 is 1. The molecule has 2 N–H and O–H groups in total. The van der Waals surface area contributed by atoms with Gasteiger partial charge < -0.3 is 15.2 Å². The maximum atomic E-state index is 11.9. The van der Waals surface area contributed by atoms with Crippen molar-refractivity contribution in [1.29, 1.82) is 0 Å². The fourth-order valence-corrected chi connectivity index (χ4v) is 2.54. The average Bonchev–Trinajstić information content (AvgIpc) is 2.96. The quantitative estimate of drug-likeness (QED) is 0.859. The number of hydrogen-bond acceptors (Lipinski definition) is 4. The number of amides is 1. The minimum Gasteiger partial charge on any atom is -0.496 e. The zero-order valence-corrected chi connectivity index (χ0v) is 12.3. The second-order valence-corrected chi connectivity index (χ2v) is 5.27. The van der Waals surface area contributed by atoms with Gasteiger partial charge in [-0.1, -0.05) is 12.1 Å². The minimum absolute atomic E-state index is 0.134. The van der Waals surface area contributed by atoms with E-state index >= 15 is 0 Å². The molecule has 1 amide bonds. The van der Waals surface area contributed by atoms with E-state index in [4.69, 9.17) is 9.84 Å². The van der Waals surface area contributed by atoms with E-state index in [1.807, 2.05) is 0 Å². The van der Waals surface area contributed by atoms with Crippen molar-refractivity contribution < 1.29 is 19.4 Å². The smallest absolute Gasteiger partial charge is 0.335 e. The minimum atomic E-state index is -0.943. The molecule has 110 valence electrons. The summed E-state index contributed by atoms with van der Waals surface area (Å²) in [5.41, 5.74) is 1.23. The van der Waals surface area contributed by atoms with Gasteiger partial charge >= 0.3 is 5.97 Å². The number of thiophene rings is 1. The summed E-state index contributed by atoms with van der Waals surface area (Å²) in [4.78, 5) is 23.2. The lowest BCUT2D eigenvalue weighted by atomic mass is 10.1. The van der Waals surface area contributed by atoms with Gasteiger partial charge in [0.25, 0.3) is 5.91 Å². The van der Waals surface area contributed by atoms with Gasteiger partial charge in [-0.3, -0.25) is 4.79 Å². The highest BCUT2D eigenvalue weighted by molar-refractivity contribution is 7.12. The number of ether oxygens (including phenoxy) is 1. The Kier molecular flexibility index (Phi) is 4.94. The molecule has 0 aliphatic carbocycles. The molecular formula is C15H15NO4S. The predicted molar refractivity (Wildman–Crippen MR) is 80.3 cm³/mol. The molecule has 2 rings (SSSR count). The monoisotopic (exact) mass is 305 g/mol. The standard InChI is InChI=1S/C15H15NO4S/c1-20-12-8-13(21-9-12)14(17)16-7-6-10-2-4-11(5-3-10)15(18)19/h2-5,8-9H,6-7H2,1H3,(H,16,17)(H,18,19). The first-order valence-corrected chi connectivity index (χ1v) is 7.21. The summed E-state index contributed by atoms with van der Waals surface area (Å²) < 4.78 is 5.03. The van der Waals surface area contributed by atoms with Crippen molar-refractivity contribution in [3.63, 3.8) is 0 Å². The number of aromatic carboxylic acids is 1. The second-order valence-electron chi connectivity index (χ2n) is 4.36. The fraction of sp³-hybridized carbons (Fsp3) is 0.200. The largest absolute Gasteiger partial charge is 0.496 e. The van der Waals surface area contributed by atoms with E-state index in [2.05, 4.69) is 5.32 Å². The molecule has 21 heavy (non-hydrogen) atoms. The van der Waals surface area contributed by atoms with Gasteiger partial charge in [0.05, 0.1) is 17.6 Å². The third-order valence-electron chi connectivity index (χ3n) is 2.94. The fourth-order valence-electron chi connectivity index (χ4n) is 1.77. The van der Waals surface area contributed by atoms with Gasteiger partial charge in [-0.2, -0.15) is 0 Å². The summed E-state index contributed by atoms with van der Waals surface area (Å²) >= 11 is 1.33. The molecule has 0 aliphatic rings. The third kappa shape index (κ3) is 4.06. The van der Waals surface area contributed by atoms with Crippen LogP contribution in [0.15, 0.2) is 35.7 Å². The van der Waals surface area contributed by atoms with Gasteiger partial charge in [-0.05, 0) is 24.1 Å². The van der Waals surface area contributed by atoms with Crippen molar-refractivity contribution in [3.05, 3.63) is 51.7 Å². The highest BCUT2D eigenvalue weighted by Crippen LogP contribution is 2.20. The lowest BCUT2D eigenvalue weighted by Gasteiger charge is -2.04. The summed E-state index contributed by atoms with van der Waals surface area (Å²) in [5.74, 6) is -0.402. The van der Waals surface area contributed by atoms with E-state index < -0.39 is 5.97 Å². The molecule has 0 unspecified atom stereocenters. The Morgan fingerprint density at radius 2 is 2.00 bits per heavy atom. The maximum Gasteiger partial charge on any atom is 0.335 e. The lowest BCUT2D eigenvalue weighted by Crippen LogP contribution is -2.24. The molecule has 0 atom stereocenters. The number of rotatable bonds is 6. The zero-order chi connectivity index (χ0) is 15.2. The van der Waals surface area contributed by atoms with Gasteiger partial charge in [0.1, 0.15) is 5.75 Å². The summed E-state index contributed by atoms with van der Waals surface area (Å²) in [6, 6.07) is 8.32. The molecule has 0 radical (unpaired) electrons. The Balaban J connectivity index is 1.83. The molecule has 6 heteroatoms. The van der Waals surface area contributed by atoms with E-state index in [9.17, 15) is 9.59 Å². The average molecular weight is 305 g/mol. The van der Waals surface area contributed by atoms with Crippen LogP contribution in [-0.4, -0.2) is 30.6 Å². The second kappa shape index (κ2) is 6.90. The zero-order valence-electron chi connectivity index (χ0n) is 11.5. The summed E-state index contributed by atoms with van der Waals surface area (Å²) in [7, 11) is 1.56. The SMILES string of the molecule is COc1csc(C(=O)NCCc2ccc(C(=O)O)cc2)c1. The van der Waals surface area contributed by atoms with Gasteiger partial charge in [0, 0.05) is 18.0 Å².